The zero-order valence-corrected chi connectivity index (χ0v) is 14.3. The molecule has 5 heteroatoms. The van der Waals surface area contributed by atoms with Crippen LogP contribution in [0.2, 0.25) is 0 Å². The summed E-state index contributed by atoms with van der Waals surface area (Å²) >= 11 is 7.03. The number of nitrogens with two attached hydrogens (primary N) is 1. The first kappa shape index (κ1) is 14.4. The molecule has 0 atom stereocenters. The smallest absolute Gasteiger partial charge is 0.122 e. The van der Waals surface area contributed by atoms with Crippen molar-refractivity contribution in [3.8, 4) is 11.3 Å². The predicted molar refractivity (Wildman–Crippen MR) is 93.0 cm³/mol. The highest BCUT2D eigenvalue weighted by Gasteiger charge is 2.10. The van der Waals surface area contributed by atoms with Gasteiger partial charge in [-0.05, 0) is 23.8 Å². The van der Waals surface area contributed by atoms with E-state index in [2.05, 4.69) is 49.1 Å². The number of hydrogen-bond donors (Lipinski definition) is 1. The molecule has 2 aromatic carbocycles. The first-order valence-electron chi connectivity index (χ1n) is 6.46. The van der Waals surface area contributed by atoms with Crippen molar-refractivity contribution >= 4 is 37.7 Å². The van der Waals surface area contributed by atoms with E-state index in [1.807, 2.05) is 47.1 Å². The number of benzene rings is 2. The summed E-state index contributed by atoms with van der Waals surface area (Å²) in [5, 5.41) is 4.61. The van der Waals surface area contributed by atoms with Crippen molar-refractivity contribution in [2.24, 2.45) is 0 Å². The largest absolute Gasteiger partial charge is 0.384 e. The Kier molecular flexibility index (Phi) is 4.12. The molecule has 0 aliphatic heterocycles. The highest BCUT2D eigenvalue weighted by atomic mass is 79.9. The molecule has 0 saturated heterocycles. The average molecular weight is 407 g/mol. The second-order valence-electron chi connectivity index (χ2n) is 4.72. The summed E-state index contributed by atoms with van der Waals surface area (Å²) in [5.41, 5.74) is 9.15. The van der Waals surface area contributed by atoms with Crippen LogP contribution in [-0.2, 0) is 6.54 Å². The molecule has 3 rings (SSSR count). The number of anilines is 1. The summed E-state index contributed by atoms with van der Waals surface area (Å²) in [6, 6.07) is 18.0. The maximum absolute atomic E-state index is 6.09. The van der Waals surface area contributed by atoms with Gasteiger partial charge >= 0.3 is 0 Å². The van der Waals surface area contributed by atoms with Gasteiger partial charge in [0.25, 0.3) is 0 Å². The fourth-order valence-corrected chi connectivity index (χ4v) is 3.10. The Morgan fingerprint density at radius 2 is 1.81 bits per heavy atom. The molecule has 106 valence electrons. The van der Waals surface area contributed by atoms with Crippen LogP contribution >= 0.6 is 31.9 Å². The van der Waals surface area contributed by atoms with E-state index in [9.17, 15) is 0 Å². The van der Waals surface area contributed by atoms with Gasteiger partial charge in [0.1, 0.15) is 5.82 Å². The first-order valence-corrected chi connectivity index (χ1v) is 8.05. The van der Waals surface area contributed by atoms with E-state index in [-0.39, 0.29) is 0 Å². The minimum absolute atomic E-state index is 0.649. The third kappa shape index (κ3) is 3.19. The topological polar surface area (TPSA) is 43.8 Å². The molecular weight excluding hydrogens is 394 g/mol. The molecule has 0 amide bonds. The molecule has 0 radical (unpaired) electrons. The Morgan fingerprint density at radius 1 is 1.00 bits per heavy atom. The van der Waals surface area contributed by atoms with Crippen LogP contribution in [-0.4, -0.2) is 9.78 Å². The van der Waals surface area contributed by atoms with Crippen molar-refractivity contribution in [1.82, 2.24) is 9.78 Å². The Balaban J connectivity index is 1.93. The number of nitrogens with zero attached hydrogens (tertiary/aromatic N) is 2. The predicted octanol–water partition coefficient (Wildman–Crippen LogP) is 4.71. The molecule has 0 aliphatic carbocycles. The van der Waals surface area contributed by atoms with Crippen molar-refractivity contribution in [3.05, 3.63) is 69.1 Å². The third-order valence-corrected chi connectivity index (χ3v) is 4.37. The number of rotatable bonds is 3. The van der Waals surface area contributed by atoms with Crippen LogP contribution < -0.4 is 5.73 Å². The monoisotopic (exact) mass is 405 g/mol. The molecule has 0 fully saturated rings. The fourth-order valence-electron chi connectivity index (χ4n) is 2.17. The van der Waals surface area contributed by atoms with Crippen LogP contribution in [0, 0.1) is 0 Å². The van der Waals surface area contributed by atoms with Crippen LogP contribution in [0.3, 0.4) is 0 Å². The lowest BCUT2D eigenvalue weighted by Gasteiger charge is -2.05. The minimum Gasteiger partial charge on any atom is -0.384 e. The van der Waals surface area contributed by atoms with Crippen LogP contribution in [0.4, 0.5) is 5.82 Å². The summed E-state index contributed by atoms with van der Waals surface area (Å²) in [7, 11) is 0. The summed E-state index contributed by atoms with van der Waals surface area (Å²) in [5.74, 6) is 0.653. The van der Waals surface area contributed by atoms with Crippen LogP contribution in [0.5, 0.6) is 0 Å². The lowest BCUT2D eigenvalue weighted by atomic mass is 10.1. The maximum atomic E-state index is 6.09. The third-order valence-electron chi connectivity index (χ3n) is 3.18. The molecule has 2 N–H and O–H groups in total. The fraction of sp³-hybridized carbons (Fsp3) is 0.0625. The van der Waals surface area contributed by atoms with Crippen LogP contribution in [0.15, 0.2) is 63.5 Å². The molecular formula is C16H13Br2N3. The van der Waals surface area contributed by atoms with E-state index < -0.39 is 0 Å². The SMILES string of the molecule is Nc1cc(-c2ccccc2Br)nn1Cc1cccc(Br)c1. The molecule has 0 spiro atoms. The van der Waals surface area contributed by atoms with E-state index in [1.165, 1.54) is 0 Å². The normalized spacial score (nSPS) is 10.8. The lowest BCUT2D eigenvalue weighted by molar-refractivity contribution is 0.699. The van der Waals surface area contributed by atoms with Gasteiger partial charge in [-0.1, -0.05) is 62.2 Å². The van der Waals surface area contributed by atoms with Gasteiger partial charge in [-0.15, -0.1) is 0 Å². The van der Waals surface area contributed by atoms with Crippen molar-refractivity contribution in [2.45, 2.75) is 6.54 Å². The summed E-state index contributed by atoms with van der Waals surface area (Å²) in [4.78, 5) is 0. The standard InChI is InChI=1S/C16H13Br2N3/c17-12-5-3-4-11(8-12)10-21-16(19)9-15(20-21)13-6-1-2-7-14(13)18/h1-9H,10,19H2. The zero-order chi connectivity index (χ0) is 14.8. The van der Waals surface area contributed by atoms with Crippen LogP contribution in [0.25, 0.3) is 11.3 Å². The maximum Gasteiger partial charge on any atom is 0.122 e. The van der Waals surface area contributed by atoms with E-state index in [0.29, 0.717) is 12.4 Å². The summed E-state index contributed by atoms with van der Waals surface area (Å²) < 4.78 is 3.88. The molecule has 3 aromatic rings. The van der Waals surface area contributed by atoms with Gasteiger partial charge in [-0.2, -0.15) is 5.10 Å². The van der Waals surface area contributed by atoms with E-state index in [0.717, 1.165) is 25.8 Å². The quantitative estimate of drug-likeness (QED) is 0.684. The van der Waals surface area contributed by atoms with Gasteiger partial charge in [0.05, 0.1) is 12.2 Å². The number of halogens is 2. The Bertz CT molecular complexity index is 781. The lowest BCUT2D eigenvalue weighted by Crippen LogP contribution is -2.05. The second-order valence-corrected chi connectivity index (χ2v) is 6.49. The number of hydrogen-bond acceptors (Lipinski definition) is 2. The Hall–Kier alpha value is -1.59. The number of nitrogen functional groups attached to an aromatic ring is 1. The molecule has 0 aliphatic rings. The van der Waals surface area contributed by atoms with E-state index >= 15 is 0 Å². The first-order chi connectivity index (χ1) is 10.1. The van der Waals surface area contributed by atoms with Crippen molar-refractivity contribution in [2.75, 3.05) is 5.73 Å². The van der Waals surface area contributed by atoms with E-state index in [1.54, 1.807) is 0 Å². The van der Waals surface area contributed by atoms with Gasteiger partial charge in [-0.25, -0.2) is 4.68 Å². The Labute approximate surface area is 140 Å². The molecule has 1 aromatic heterocycles. The minimum atomic E-state index is 0.649. The average Bonchev–Trinajstić information content (AvgIpc) is 2.80. The van der Waals surface area contributed by atoms with E-state index in [4.69, 9.17) is 5.73 Å². The van der Waals surface area contributed by atoms with Gasteiger partial charge in [0.15, 0.2) is 0 Å². The van der Waals surface area contributed by atoms with Gasteiger partial charge in [0.2, 0.25) is 0 Å². The molecule has 21 heavy (non-hydrogen) atoms. The van der Waals surface area contributed by atoms with Gasteiger partial charge in [-0.3, -0.25) is 0 Å². The zero-order valence-electron chi connectivity index (χ0n) is 11.1. The van der Waals surface area contributed by atoms with Gasteiger partial charge in [0, 0.05) is 20.6 Å². The van der Waals surface area contributed by atoms with Crippen LogP contribution in [0.1, 0.15) is 5.56 Å². The van der Waals surface area contributed by atoms with Crippen molar-refractivity contribution < 1.29 is 0 Å². The highest BCUT2D eigenvalue weighted by molar-refractivity contribution is 9.10. The molecule has 0 unspecified atom stereocenters. The van der Waals surface area contributed by atoms with Crippen molar-refractivity contribution in [1.29, 1.82) is 0 Å². The Morgan fingerprint density at radius 3 is 2.57 bits per heavy atom. The summed E-state index contributed by atoms with van der Waals surface area (Å²) in [6.07, 6.45) is 0. The highest BCUT2D eigenvalue weighted by Crippen LogP contribution is 2.28. The molecule has 0 saturated carbocycles. The number of aromatic nitrogens is 2. The molecule has 1 heterocycles. The summed E-state index contributed by atoms with van der Waals surface area (Å²) in [6.45, 7) is 0.649. The van der Waals surface area contributed by atoms with Gasteiger partial charge < -0.3 is 5.73 Å². The molecule has 0 bridgehead atoms. The molecule has 3 nitrogen and oxygen atoms in total. The van der Waals surface area contributed by atoms with Crippen molar-refractivity contribution in [3.63, 3.8) is 0 Å². The second kappa shape index (κ2) is 6.03.